The quantitative estimate of drug-likeness (QED) is 0.493. The molecule has 5 nitrogen and oxygen atoms in total. The highest BCUT2D eigenvalue weighted by Crippen LogP contribution is 2.31. The second-order valence-corrected chi connectivity index (χ2v) is 7.35. The van der Waals surface area contributed by atoms with Gasteiger partial charge in [-0.2, -0.15) is 0 Å². The number of nitrogens with zero attached hydrogens (tertiary/aromatic N) is 3. The largest absolute Gasteiger partial charge is 0.469 e. The van der Waals surface area contributed by atoms with Gasteiger partial charge >= 0.3 is 0 Å². The molecule has 0 atom stereocenters. The van der Waals surface area contributed by atoms with E-state index in [4.69, 9.17) is 20.9 Å². The smallest absolute Gasteiger partial charge is 0.225 e. The van der Waals surface area contributed by atoms with Crippen molar-refractivity contribution in [3.05, 3.63) is 57.9 Å². The standard InChI is InChI=1S/C18H14ClN3O2S/c1-10-3-4-13(15(19)5-10)16-7-12(24-22-16)8-23-17-14-6-11(2)25-18(14)21-9-20-17/h3-7,9H,8H2,1-2H3. The Morgan fingerprint density at radius 2 is 2.04 bits per heavy atom. The van der Waals surface area contributed by atoms with Crippen LogP contribution in [0.4, 0.5) is 0 Å². The molecule has 25 heavy (non-hydrogen) atoms. The van der Waals surface area contributed by atoms with Crippen molar-refractivity contribution in [3.63, 3.8) is 0 Å². The summed E-state index contributed by atoms with van der Waals surface area (Å²) in [5, 5.41) is 5.64. The van der Waals surface area contributed by atoms with Crippen molar-refractivity contribution >= 4 is 33.2 Å². The number of aryl methyl sites for hydroxylation is 2. The van der Waals surface area contributed by atoms with Gasteiger partial charge in [-0.15, -0.1) is 11.3 Å². The molecule has 0 aliphatic rings. The Hall–Kier alpha value is -2.44. The fraction of sp³-hybridized carbons (Fsp3) is 0.167. The fourth-order valence-corrected chi connectivity index (χ4v) is 3.71. The van der Waals surface area contributed by atoms with Crippen LogP contribution in [0.25, 0.3) is 21.5 Å². The highest BCUT2D eigenvalue weighted by atomic mass is 35.5. The number of aromatic nitrogens is 3. The van der Waals surface area contributed by atoms with Gasteiger partial charge in [-0.1, -0.05) is 28.9 Å². The zero-order valence-corrected chi connectivity index (χ0v) is 15.2. The second kappa shape index (κ2) is 6.46. The molecule has 4 rings (SSSR count). The summed E-state index contributed by atoms with van der Waals surface area (Å²) in [7, 11) is 0. The van der Waals surface area contributed by atoms with Gasteiger partial charge in [0.25, 0.3) is 0 Å². The number of hydrogen-bond donors (Lipinski definition) is 0. The molecule has 0 aliphatic carbocycles. The Kier molecular flexibility index (Phi) is 4.15. The van der Waals surface area contributed by atoms with Crippen LogP contribution in [-0.4, -0.2) is 15.1 Å². The van der Waals surface area contributed by atoms with Crippen LogP contribution < -0.4 is 4.74 Å². The molecular weight excluding hydrogens is 358 g/mol. The number of ether oxygens (including phenoxy) is 1. The van der Waals surface area contributed by atoms with E-state index < -0.39 is 0 Å². The van der Waals surface area contributed by atoms with E-state index in [9.17, 15) is 0 Å². The van der Waals surface area contributed by atoms with Gasteiger partial charge in [0.15, 0.2) is 12.4 Å². The van der Waals surface area contributed by atoms with Crippen molar-refractivity contribution in [2.75, 3.05) is 0 Å². The molecule has 0 saturated heterocycles. The number of halogens is 1. The first-order valence-corrected chi connectivity index (χ1v) is 8.85. The van der Waals surface area contributed by atoms with Crippen LogP contribution in [0.2, 0.25) is 5.02 Å². The Labute approximate surface area is 153 Å². The maximum atomic E-state index is 6.29. The minimum Gasteiger partial charge on any atom is -0.469 e. The molecule has 3 aromatic heterocycles. The predicted molar refractivity (Wildman–Crippen MR) is 98.2 cm³/mol. The Balaban J connectivity index is 1.55. The van der Waals surface area contributed by atoms with Crippen LogP contribution in [0.1, 0.15) is 16.2 Å². The average molecular weight is 372 g/mol. The highest BCUT2D eigenvalue weighted by molar-refractivity contribution is 7.18. The molecule has 0 saturated carbocycles. The van der Waals surface area contributed by atoms with Crippen molar-refractivity contribution < 1.29 is 9.26 Å². The molecule has 7 heteroatoms. The first kappa shape index (κ1) is 16.1. The van der Waals surface area contributed by atoms with Gasteiger partial charge in [-0.05, 0) is 31.5 Å². The van der Waals surface area contributed by atoms with Gasteiger partial charge in [-0.25, -0.2) is 9.97 Å². The van der Waals surface area contributed by atoms with Gasteiger partial charge in [-0.3, -0.25) is 0 Å². The molecule has 0 amide bonds. The van der Waals surface area contributed by atoms with Gasteiger partial charge in [0.1, 0.15) is 16.9 Å². The molecule has 0 N–H and O–H groups in total. The number of hydrogen-bond acceptors (Lipinski definition) is 6. The first-order chi connectivity index (χ1) is 12.1. The molecular formula is C18H14ClN3O2S. The molecule has 1 aromatic carbocycles. The van der Waals surface area contributed by atoms with E-state index >= 15 is 0 Å². The summed E-state index contributed by atoms with van der Waals surface area (Å²) in [6.07, 6.45) is 1.51. The van der Waals surface area contributed by atoms with Crippen LogP contribution in [0.5, 0.6) is 5.88 Å². The zero-order valence-electron chi connectivity index (χ0n) is 13.6. The lowest BCUT2D eigenvalue weighted by Crippen LogP contribution is -1.96. The maximum Gasteiger partial charge on any atom is 0.225 e. The zero-order chi connectivity index (χ0) is 17.4. The van der Waals surface area contributed by atoms with Crippen molar-refractivity contribution in [1.29, 1.82) is 0 Å². The van der Waals surface area contributed by atoms with Gasteiger partial charge in [0.2, 0.25) is 5.88 Å². The lowest BCUT2D eigenvalue weighted by Gasteiger charge is -2.03. The summed E-state index contributed by atoms with van der Waals surface area (Å²) in [6, 6.07) is 9.67. The number of rotatable bonds is 4. The van der Waals surface area contributed by atoms with Crippen molar-refractivity contribution in [2.24, 2.45) is 0 Å². The van der Waals surface area contributed by atoms with E-state index in [-0.39, 0.29) is 6.61 Å². The second-order valence-electron chi connectivity index (χ2n) is 5.71. The molecule has 126 valence electrons. The lowest BCUT2D eigenvalue weighted by atomic mass is 10.1. The lowest BCUT2D eigenvalue weighted by molar-refractivity contribution is 0.244. The Morgan fingerprint density at radius 1 is 1.16 bits per heavy atom. The van der Waals surface area contributed by atoms with E-state index in [2.05, 4.69) is 15.1 Å². The number of fused-ring (bicyclic) bond motifs is 1. The third-order valence-electron chi connectivity index (χ3n) is 3.73. The van der Waals surface area contributed by atoms with E-state index in [0.29, 0.717) is 22.4 Å². The Morgan fingerprint density at radius 3 is 2.88 bits per heavy atom. The van der Waals surface area contributed by atoms with Crippen LogP contribution in [0.15, 0.2) is 41.2 Å². The highest BCUT2D eigenvalue weighted by Gasteiger charge is 2.13. The average Bonchev–Trinajstić information content (AvgIpc) is 3.18. The summed E-state index contributed by atoms with van der Waals surface area (Å²) < 4.78 is 11.2. The topological polar surface area (TPSA) is 61.0 Å². The van der Waals surface area contributed by atoms with Gasteiger partial charge in [0.05, 0.1) is 10.4 Å². The monoisotopic (exact) mass is 371 g/mol. The molecule has 0 bridgehead atoms. The molecule has 0 unspecified atom stereocenters. The molecule has 3 heterocycles. The fourth-order valence-electron chi connectivity index (χ4n) is 2.54. The summed E-state index contributed by atoms with van der Waals surface area (Å²) in [5.74, 6) is 1.14. The minimum absolute atomic E-state index is 0.234. The minimum atomic E-state index is 0.234. The van der Waals surface area contributed by atoms with Gasteiger partial charge < -0.3 is 9.26 Å². The third-order valence-corrected chi connectivity index (χ3v) is 5.00. The molecule has 0 aliphatic heterocycles. The van der Waals surface area contributed by atoms with E-state index in [0.717, 1.165) is 26.2 Å². The molecule has 0 radical (unpaired) electrons. The maximum absolute atomic E-state index is 6.29. The SMILES string of the molecule is Cc1ccc(-c2cc(COc3ncnc4sc(C)cc34)on2)c(Cl)c1. The van der Waals surface area contributed by atoms with Crippen LogP contribution in [0.3, 0.4) is 0 Å². The molecule has 4 aromatic rings. The number of thiophene rings is 1. The first-order valence-electron chi connectivity index (χ1n) is 7.66. The summed E-state index contributed by atoms with van der Waals surface area (Å²) in [5.41, 5.74) is 2.61. The summed E-state index contributed by atoms with van der Waals surface area (Å²) >= 11 is 7.90. The Bertz CT molecular complexity index is 1060. The molecule has 0 spiro atoms. The van der Waals surface area contributed by atoms with Crippen LogP contribution >= 0.6 is 22.9 Å². The van der Waals surface area contributed by atoms with E-state index in [1.165, 1.54) is 6.33 Å². The third kappa shape index (κ3) is 3.23. The van der Waals surface area contributed by atoms with Crippen molar-refractivity contribution in [1.82, 2.24) is 15.1 Å². The van der Waals surface area contributed by atoms with Crippen LogP contribution in [0, 0.1) is 13.8 Å². The van der Waals surface area contributed by atoms with Crippen molar-refractivity contribution in [2.45, 2.75) is 20.5 Å². The number of benzene rings is 1. The predicted octanol–water partition coefficient (Wildman–Crippen LogP) is 5.20. The summed E-state index contributed by atoms with van der Waals surface area (Å²) in [4.78, 5) is 10.5. The van der Waals surface area contributed by atoms with E-state index in [1.54, 1.807) is 11.3 Å². The van der Waals surface area contributed by atoms with E-state index in [1.807, 2.05) is 44.2 Å². The normalized spacial score (nSPS) is 11.2. The summed E-state index contributed by atoms with van der Waals surface area (Å²) in [6.45, 7) is 4.26. The molecule has 0 fully saturated rings. The van der Waals surface area contributed by atoms with Crippen LogP contribution in [-0.2, 0) is 6.61 Å². The van der Waals surface area contributed by atoms with Gasteiger partial charge in [0, 0.05) is 16.5 Å². The van der Waals surface area contributed by atoms with Crippen molar-refractivity contribution in [3.8, 4) is 17.1 Å².